The molecule has 122 valence electrons. The van der Waals surface area contributed by atoms with Crippen molar-refractivity contribution < 1.29 is 4.92 Å². The molecule has 0 bridgehead atoms. The van der Waals surface area contributed by atoms with E-state index in [0.717, 1.165) is 17.7 Å². The zero-order valence-corrected chi connectivity index (χ0v) is 13.6. The first-order valence-electron chi connectivity index (χ1n) is 7.48. The fourth-order valence-electron chi connectivity index (χ4n) is 3.04. The zero-order chi connectivity index (χ0) is 17.3. The van der Waals surface area contributed by atoms with Gasteiger partial charge in [-0.3, -0.25) is 15.2 Å². The summed E-state index contributed by atoms with van der Waals surface area (Å²) in [7, 11) is 0. The predicted molar refractivity (Wildman–Crippen MR) is 90.9 cm³/mol. The van der Waals surface area contributed by atoms with E-state index in [1.54, 1.807) is 18.3 Å². The largest absolute Gasteiger partial charge is 0.306 e. The number of fused-ring (bicyclic) bond motifs is 1. The van der Waals surface area contributed by atoms with Crippen LogP contribution in [-0.4, -0.2) is 26.9 Å². The molecular weight excluding hydrogens is 330 g/mol. The Morgan fingerprint density at radius 2 is 2.25 bits per heavy atom. The van der Waals surface area contributed by atoms with Crippen LogP contribution in [0.2, 0.25) is 5.02 Å². The highest BCUT2D eigenvalue weighted by molar-refractivity contribution is 6.33. The number of hydrogen-bond donors (Lipinski definition) is 1. The Morgan fingerprint density at radius 3 is 2.92 bits per heavy atom. The van der Waals surface area contributed by atoms with Gasteiger partial charge < -0.3 is 4.85 Å². The molecule has 2 atom stereocenters. The molecule has 0 spiro atoms. The predicted octanol–water partition coefficient (Wildman–Crippen LogP) is 4.28. The highest BCUT2D eigenvalue weighted by atomic mass is 35.5. The molecular formula is C16H14ClN5O2. The van der Waals surface area contributed by atoms with Crippen molar-refractivity contribution in [2.45, 2.75) is 31.7 Å². The molecule has 1 N–H and O–H groups in total. The van der Waals surface area contributed by atoms with Crippen LogP contribution in [0.25, 0.3) is 4.85 Å². The molecule has 24 heavy (non-hydrogen) atoms. The SMILES string of the molecule is [C-]#[N+]C1C(CCC)=Nc2[nH]ncc2C1c1cccc([N+](=O)[O-])c1Cl. The lowest BCUT2D eigenvalue weighted by molar-refractivity contribution is -0.384. The van der Waals surface area contributed by atoms with Gasteiger partial charge in [-0.05, 0) is 12.0 Å². The van der Waals surface area contributed by atoms with Gasteiger partial charge in [-0.1, -0.05) is 37.1 Å². The number of aliphatic imine (C=N–C) groups is 1. The molecule has 2 unspecified atom stereocenters. The van der Waals surface area contributed by atoms with Crippen molar-refractivity contribution in [2.75, 3.05) is 0 Å². The fraction of sp³-hybridized carbons (Fsp3) is 0.312. The van der Waals surface area contributed by atoms with Crippen molar-refractivity contribution in [1.29, 1.82) is 0 Å². The van der Waals surface area contributed by atoms with E-state index in [4.69, 9.17) is 18.2 Å². The number of H-pyrrole nitrogens is 1. The average Bonchev–Trinajstić information content (AvgIpc) is 3.02. The summed E-state index contributed by atoms with van der Waals surface area (Å²) in [6, 6.07) is 4.13. The first kappa shape index (κ1) is 16.1. The smallest absolute Gasteiger partial charge is 0.288 e. The van der Waals surface area contributed by atoms with Crippen molar-refractivity contribution in [3.8, 4) is 0 Å². The van der Waals surface area contributed by atoms with E-state index in [9.17, 15) is 10.1 Å². The highest BCUT2D eigenvalue weighted by Crippen LogP contribution is 2.44. The summed E-state index contributed by atoms with van der Waals surface area (Å²) in [6.45, 7) is 9.64. The normalized spacial score (nSPS) is 19.3. The van der Waals surface area contributed by atoms with Gasteiger partial charge in [0.25, 0.3) is 11.7 Å². The van der Waals surface area contributed by atoms with Crippen LogP contribution in [0.1, 0.15) is 36.8 Å². The van der Waals surface area contributed by atoms with E-state index in [2.05, 4.69) is 20.0 Å². The number of nitrogens with zero attached hydrogens (tertiary/aromatic N) is 4. The minimum Gasteiger partial charge on any atom is -0.306 e. The van der Waals surface area contributed by atoms with Crippen LogP contribution < -0.4 is 0 Å². The van der Waals surface area contributed by atoms with Gasteiger partial charge in [-0.25, -0.2) is 11.6 Å². The van der Waals surface area contributed by atoms with Gasteiger partial charge in [-0.2, -0.15) is 5.10 Å². The first-order valence-corrected chi connectivity index (χ1v) is 7.86. The lowest BCUT2D eigenvalue weighted by Gasteiger charge is -2.24. The van der Waals surface area contributed by atoms with E-state index in [0.29, 0.717) is 17.8 Å². The van der Waals surface area contributed by atoms with E-state index in [1.165, 1.54) is 6.07 Å². The van der Waals surface area contributed by atoms with E-state index < -0.39 is 16.9 Å². The van der Waals surface area contributed by atoms with Gasteiger partial charge in [0, 0.05) is 11.6 Å². The highest BCUT2D eigenvalue weighted by Gasteiger charge is 2.41. The molecule has 1 aromatic heterocycles. The number of hydrogen-bond acceptors (Lipinski definition) is 4. The maximum Gasteiger partial charge on any atom is 0.288 e. The van der Waals surface area contributed by atoms with Gasteiger partial charge in [0.1, 0.15) is 10.7 Å². The van der Waals surface area contributed by atoms with Crippen molar-refractivity contribution in [3.63, 3.8) is 0 Å². The lowest BCUT2D eigenvalue weighted by atomic mass is 9.81. The number of aromatic amines is 1. The van der Waals surface area contributed by atoms with Gasteiger partial charge in [0.15, 0.2) is 5.82 Å². The molecule has 7 nitrogen and oxygen atoms in total. The minimum atomic E-state index is -0.547. The third kappa shape index (κ3) is 2.55. The summed E-state index contributed by atoms with van der Waals surface area (Å²) in [5.41, 5.74) is 1.87. The Balaban J connectivity index is 2.20. The molecule has 8 heteroatoms. The Kier molecular flexibility index (Phi) is 4.32. The monoisotopic (exact) mass is 343 g/mol. The molecule has 1 aliphatic rings. The van der Waals surface area contributed by atoms with Crippen LogP contribution in [-0.2, 0) is 0 Å². The van der Waals surface area contributed by atoms with Crippen LogP contribution in [0.15, 0.2) is 29.4 Å². The number of nitro benzene ring substituents is 1. The molecule has 0 saturated carbocycles. The van der Waals surface area contributed by atoms with Gasteiger partial charge in [0.05, 0.1) is 17.0 Å². The maximum atomic E-state index is 11.2. The van der Waals surface area contributed by atoms with E-state index in [-0.39, 0.29) is 10.7 Å². The molecule has 0 radical (unpaired) electrons. The van der Waals surface area contributed by atoms with E-state index >= 15 is 0 Å². The minimum absolute atomic E-state index is 0.0612. The van der Waals surface area contributed by atoms with Crippen molar-refractivity contribution in [3.05, 3.63) is 62.1 Å². The Labute approximate surface area is 143 Å². The summed E-state index contributed by atoms with van der Waals surface area (Å²) in [4.78, 5) is 18.9. The number of benzene rings is 1. The van der Waals surface area contributed by atoms with Crippen LogP contribution in [0.4, 0.5) is 11.5 Å². The summed E-state index contributed by atoms with van der Waals surface area (Å²) in [5.74, 6) is 0.161. The molecule has 2 heterocycles. The van der Waals surface area contributed by atoms with Crippen LogP contribution in [0.5, 0.6) is 0 Å². The second kappa shape index (κ2) is 6.42. The number of halogens is 1. The van der Waals surface area contributed by atoms with Crippen LogP contribution >= 0.6 is 11.6 Å². The Morgan fingerprint density at radius 1 is 1.46 bits per heavy atom. The average molecular weight is 344 g/mol. The topological polar surface area (TPSA) is 88.5 Å². The molecule has 2 aromatic rings. The zero-order valence-electron chi connectivity index (χ0n) is 12.9. The fourth-order valence-corrected chi connectivity index (χ4v) is 3.36. The molecule has 0 saturated heterocycles. The second-order valence-electron chi connectivity index (χ2n) is 5.52. The second-order valence-corrected chi connectivity index (χ2v) is 5.89. The van der Waals surface area contributed by atoms with E-state index in [1.807, 2.05) is 6.92 Å². The molecule has 0 fully saturated rings. The molecule has 0 amide bonds. The van der Waals surface area contributed by atoms with Crippen LogP contribution in [0.3, 0.4) is 0 Å². The van der Waals surface area contributed by atoms with Crippen molar-refractivity contribution in [2.24, 2.45) is 4.99 Å². The number of nitrogens with one attached hydrogen (secondary N) is 1. The summed E-state index contributed by atoms with van der Waals surface area (Å²) >= 11 is 6.30. The molecule has 1 aromatic carbocycles. The molecule has 3 rings (SSSR count). The quantitative estimate of drug-likeness (QED) is 0.510. The third-order valence-electron chi connectivity index (χ3n) is 4.08. The molecule has 1 aliphatic heterocycles. The first-order chi connectivity index (χ1) is 11.6. The third-order valence-corrected chi connectivity index (χ3v) is 4.49. The van der Waals surface area contributed by atoms with Crippen molar-refractivity contribution in [1.82, 2.24) is 10.2 Å². The summed E-state index contributed by atoms with van der Waals surface area (Å²) < 4.78 is 0. The van der Waals surface area contributed by atoms with Gasteiger partial charge in [-0.15, -0.1) is 0 Å². The summed E-state index contributed by atoms with van der Waals surface area (Å²) in [5, 5.41) is 18.1. The van der Waals surface area contributed by atoms with Crippen molar-refractivity contribution >= 4 is 28.8 Å². The standard InChI is InChI=1S/C16H14ClN5O2/c1-3-5-11-15(18-2)13(10-8-19-21-16(10)20-11)9-6-4-7-12(14(9)17)22(23)24/h4,6-8,13,15H,3,5H2,1H3,(H,19,21). The number of aromatic nitrogens is 2. The lowest BCUT2D eigenvalue weighted by Crippen LogP contribution is -2.29. The number of nitro groups is 1. The van der Waals surface area contributed by atoms with Gasteiger partial charge in [0.2, 0.25) is 0 Å². The van der Waals surface area contributed by atoms with Gasteiger partial charge >= 0.3 is 0 Å². The Hall–Kier alpha value is -2.72. The summed E-state index contributed by atoms with van der Waals surface area (Å²) in [6.07, 6.45) is 3.14. The molecule has 0 aliphatic carbocycles. The Bertz CT molecular complexity index is 868. The number of rotatable bonds is 4. The van der Waals surface area contributed by atoms with Crippen LogP contribution in [0, 0.1) is 16.7 Å². The maximum absolute atomic E-state index is 11.2.